The van der Waals surface area contributed by atoms with Gasteiger partial charge in [-0.05, 0) is 32.0 Å². The molecule has 0 saturated carbocycles. The summed E-state index contributed by atoms with van der Waals surface area (Å²) in [5, 5.41) is 0.818. The van der Waals surface area contributed by atoms with Crippen molar-refractivity contribution >= 4 is 28.5 Å². The predicted molar refractivity (Wildman–Crippen MR) is 128 cm³/mol. The summed E-state index contributed by atoms with van der Waals surface area (Å²) in [4.78, 5) is 44.9. The number of amides is 2. The Kier molecular flexibility index (Phi) is 6.26. The SMILES string of the molecule is CC(C)N1CC(c2cc(N(C)C)nc(CN(C)C(=O)c3cccc4ncccc34)n2)CC1=O. The topological polar surface area (TPSA) is 82.5 Å². The van der Waals surface area contributed by atoms with Crippen molar-refractivity contribution in [3.05, 3.63) is 59.7 Å². The molecule has 1 aliphatic heterocycles. The predicted octanol–water partition coefficient (Wildman–Crippen LogP) is 3.09. The van der Waals surface area contributed by atoms with Gasteiger partial charge in [-0.1, -0.05) is 12.1 Å². The van der Waals surface area contributed by atoms with Gasteiger partial charge >= 0.3 is 0 Å². The van der Waals surface area contributed by atoms with E-state index in [4.69, 9.17) is 4.98 Å². The molecule has 33 heavy (non-hydrogen) atoms. The number of hydrogen-bond acceptors (Lipinski definition) is 6. The van der Waals surface area contributed by atoms with E-state index < -0.39 is 0 Å². The Bertz CT molecular complexity index is 1190. The summed E-state index contributed by atoms with van der Waals surface area (Å²) in [6, 6.07) is 11.4. The third kappa shape index (κ3) is 4.65. The van der Waals surface area contributed by atoms with E-state index in [2.05, 4.69) is 9.97 Å². The van der Waals surface area contributed by atoms with Crippen molar-refractivity contribution in [1.82, 2.24) is 24.8 Å². The van der Waals surface area contributed by atoms with Gasteiger partial charge in [0.2, 0.25) is 5.91 Å². The van der Waals surface area contributed by atoms with E-state index in [1.165, 1.54) is 0 Å². The van der Waals surface area contributed by atoms with Crippen LogP contribution in [0.1, 0.15) is 48.1 Å². The maximum absolute atomic E-state index is 13.3. The number of nitrogens with zero attached hydrogens (tertiary/aromatic N) is 6. The molecule has 0 spiro atoms. The van der Waals surface area contributed by atoms with Gasteiger partial charge in [0.25, 0.3) is 5.91 Å². The molecule has 1 aliphatic rings. The average Bonchev–Trinajstić information content (AvgIpc) is 3.20. The highest BCUT2D eigenvalue weighted by atomic mass is 16.2. The average molecular weight is 447 g/mol. The zero-order valence-corrected chi connectivity index (χ0v) is 19.8. The van der Waals surface area contributed by atoms with Crippen molar-refractivity contribution in [2.45, 2.75) is 38.8 Å². The second-order valence-electron chi connectivity index (χ2n) is 9.04. The summed E-state index contributed by atoms with van der Waals surface area (Å²) in [7, 11) is 5.60. The molecule has 0 N–H and O–H groups in total. The number of hydrogen-bond donors (Lipinski definition) is 0. The smallest absolute Gasteiger partial charge is 0.254 e. The summed E-state index contributed by atoms with van der Waals surface area (Å²) >= 11 is 0. The summed E-state index contributed by atoms with van der Waals surface area (Å²) in [5.41, 5.74) is 2.22. The highest BCUT2D eigenvalue weighted by Gasteiger charge is 2.33. The number of anilines is 1. The van der Waals surface area contributed by atoms with Crippen LogP contribution in [-0.4, -0.2) is 70.3 Å². The minimum absolute atomic E-state index is 0.0190. The first-order valence-corrected chi connectivity index (χ1v) is 11.2. The van der Waals surface area contributed by atoms with E-state index in [9.17, 15) is 9.59 Å². The van der Waals surface area contributed by atoms with Gasteiger partial charge in [-0.15, -0.1) is 0 Å². The minimum atomic E-state index is -0.115. The number of fused-ring (bicyclic) bond motifs is 1. The molecule has 1 unspecified atom stereocenters. The number of rotatable bonds is 6. The summed E-state index contributed by atoms with van der Waals surface area (Å²) in [5.74, 6) is 1.38. The third-order valence-electron chi connectivity index (χ3n) is 6.04. The molecule has 2 aromatic heterocycles. The van der Waals surface area contributed by atoms with Crippen LogP contribution in [0.3, 0.4) is 0 Å². The zero-order valence-electron chi connectivity index (χ0n) is 19.8. The molecule has 1 saturated heterocycles. The van der Waals surface area contributed by atoms with Gasteiger partial charge in [-0.2, -0.15) is 0 Å². The normalized spacial score (nSPS) is 16.0. The molecule has 1 aromatic carbocycles. The minimum Gasteiger partial charge on any atom is -0.363 e. The lowest BCUT2D eigenvalue weighted by atomic mass is 10.0. The lowest BCUT2D eigenvalue weighted by Crippen LogP contribution is -2.32. The van der Waals surface area contributed by atoms with Crippen molar-refractivity contribution in [1.29, 1.82) is 0 Å². The van der Waals surface area contributed by atoms with Crippen LogP contribution in [0.4, 0.5) is 5.82 Å². The van der Waals surface area contributed by atoms with Gasteiger partial charge in [0.15, 0.2) is 0 Å². The number of carbonyl (C=O) groups is 2. The van der Waals surface area contributed by atoms with E-state index in [-0.39, 0.29) is 30.3 Å². The fourth-order valence-electron chi connectivity index (χ4n) is 4.22. The fraction of sp³-hybridized carbons (Fsp3) is 0.400. The molecule has 1 fully saturated rings. The lowest BCUT2D eigenvalue weighted by Gasteiger charge is -2.22. The first-order chi connectivity index (χ1) is 15.7. The molecule has 3 heterocycles. The van der Waals surface area contributed by atoms with Crippen molar-refractivity contribution in [3.8, 4) is 0 Å². The quantitative estimate of drug-likeness (QED) is 0.579. The van der Waals surface area contributed by atoms with Crippen LogP contribution in [0.15, 0.2) is 42.6 Å². The maximum atomic E-state index is 13.3. The van der Waals surface area contributed by atoms with Gasteiger partial charge in [-0.25, -0.2) is 9.97 Å². The molecule has 4 rings (SSSR count). The van der Waals surface area contributed by atoms with E-state index in [1.54, 1.807) is 18.1 Å². The molecule has 0 bridgehead atoms. The first kappa shape index (κ1) is 22.6. The molecule has 2 amide bonds. The van der Waals surface area contributed by atoms with Crippen LogP contribution in [0.2, 0.25) is 0 Å². The van der Waals surface area contributed by atoms with Gasteiger partial charge < -0.3 is 14.7 Å². The van der Waals surface area contributed by atoms with Crippen LogP contribution in [-0.2, 0) is 11.3 Å². The summed E-state index contributed by atoms with van der Waals surface area (Å²) in [6.45, 7) is 4.97. The molecule has 8 heteroatoms. The van der Waals surface area contributed by atoms with Crippen LogP contribution in [0, 0.1) is 0 Å². The Morgan fingerprint density at radius 1 is 1.15 bits per heavy atom. The van der Waals surface area contributed by atoms with E-state index in [0.717, 1.165) is 22.4 Å². The lowest BCUT2D eigenvalue weighted by molar-refractivity contribution is -0.129. The molecule has 1 atom stereocenters. The van der Waals surface area contributed by atoms with Crippen molar-refractivity contribution in [2.75, 3.05) is 32.6 Å². The third-order valence-corrected chi connectivity index (χ3v) is 6.04. The Morgan fingerprint density at radius 2 is 1.94 bits per heavy atom. The van der Waals surface area contributed by atoms with Crippen LogP contribution in [0.25, 0.3) is 10.9 Å². The van der Waals surface area contributed by atoms with Crippen LogP contribution in [0.5, 0.6) is 0 Å². The standard InChI is InChI=1S/C25H30N6O2/c1-16(2)31-14-17(12-24(31)32)21-13-23(29(3)4)28-22(27-21)15-30(5)25(33)19-8-6-10-20-18(19)9-7-11-26-20/h6-11,13,16-17H,12,14-15H2,1-5H3. The van der Waals surface area contributed by atoms with Gasteiger partial charge in [0.1, 0.15) is 11.6 Å². The molecular weight excluding hydrogens is 416 g/mol. The molecule has 172 valence electrons. The molecule has 0 radical (unpaired) electrons. The van der Waals surface area contributed by atoms with Crippen molar-refractivity contribution < 1.29 is 9.59 Å². The second kappa shape index (κ2) is 9.13. The second-order valence-corrected chi connectivity index (χ2v) is 9.04. The highest BCUT2D eigenvalue weighted by molar-refractivity contribution is 6.05. The van der Waals surface area contributed by atoms with Crippen LogP contribution >= 0.6 is 0 Å². The van der Waals surface area contributed by atoms with E-state index in [1.807, 2.05) is 74.1 Å². The fourth-order valence-corrected chi connectivity index (χ4v) is 4.22. The molecule has 0 aliphatic carbocycles. The van der Waals surface area contributed by atoms with Gasteiger partial charge in [-0.3, -0.25) is 14.6 Å². The summed E-state index contributed by atoms with van der Waals surface area (Å²) in [6.07, 6.45) is 2.16. The number of likely N-dealkylation sites (tertiary alicyclic amines) is 1. The Balaban J connectivity index is 1.61. The Hall–Kier alpha value is -3.55. The largest absolute Gasteiger partial charge is 0.363 e. The Morgan fingerprint density at radius 3 is 2.64 bits per heavy atom. The van der Waals surface area contributed by atoms with Gasteiger partial charge in [0.05, 0.1) is 17.8 Å². The molecule has 8 nitrogen and oxygen atoms in total. The Labute approximate surface area is 194 Å². The number of aromatic nitrogens is 3. The highest BCUT2D eigenvalue weighted by Crippen LogP contribution is 2.30. The number of pyridine rings is 1. The molecular formula is C25H30N6O2. The maximum Gasteiger partial charge on any atom is 0.254 e. The first-order valence-electron chi connectivity index (χ1n) is 11.2. The monoisotopic (exact) mass is 446 g/mol. The van der Waals surface area contributed by atoms with Gasteiger partial charge in [0, 0.05) is 69.3 Å². The zero-order chi connectivity index (χ0) is 23.7. The number of carbonyl (C=O) groups excluding carboxylic acids is 2. The van der Waals surface area contributed by atoms with Crippen LogP contribution < -0.4 is 4.90 Å². The van der Waals surface area contributed by atoms with Crippen molar-refractivity contribution in [2.24, 2.45) is 0 Å². The van der Waals surface area contributed by atoms with E-state index in [0.29, 0.717) is 24.4 Å². The molecule has 3 aromatic rings. The van der Waals surface area contributed by atoms with Crippen molar-refractivity contribution in [3.63, 3.8) is 0 Å². The number of benzene rings is 1. The van der Waals surface area contributed by atoms with E-state index >= 15 is 0 Å². The summed E-state index contributed by atoms with van der Waals surface area (Å²) < 4.78 is 0.